The van der Waals surface area contributed by atoms with Gasteiger partial charge < -0.3 is 9.47 Å². The van der Waals surface area contributed by atoms with Crippen LogP contribution in [-0.4, -0.2) is 36.8 Å². The van der Waals surface area contributed by atoms with Gasteiger partial charge in [-0.25, -0.2) is 4.79 Å². The van der Waals surface area contributed by atoms with Gasteiger partial charge in [0.05, 0.1) is 13.2 Å². The first-order valence-electron chi connectivity index (χ1n) is 11.7. The molecular formula is C29H27NO3. The first kappa shape index (κ1) is 20.1. The van der Waals surface area contributed by atoms with Crippen LogP contribution in [0.4, 0.5) is 4.79 Å². The van der Waals surface area contributed by atoms with Crippen molar-refractivity contribution in [1.82, 2.24) is 4.90 Å². The van der Waals surface area contributed by atoms with E-state index in [4.69, 9.17) is 9.47 Å². The summed E-state index contributed by atoms with van der Waals surface area (Å²) in [5.74, 6) is 0.950. The van der Waals surface area contributed by atoms with Gasteiger partial charge in [-0.15, -0.1) is 0 Å². The average molecular weight is 438 g/mol. The number of rotatable bonds is 4. The summed E-state index contributed by atoms with van der Waals surface area (Å²) >= 11 is 0. The molecule has 2 bridgehead atoms. The number of amides is 1. The molecule has 2 heterocycles. The second kappa shape index (κ2) is 8.11. The Labute approximate surface area is 194 Å². The Kier molecular flexibility index (Phi) is 4.94. The van der Waals surface area contributed by atoms with Gasteiger partial charge in [0, 0.05) is 12.0 Å². The molecule has 2 unspecified atom stereocenters. The molecule has 1 amide bonds. The zero-order valence-corrected chi connectivity index (χ0v) is 18.7. The highest BCUT2D eigenvalue weighted by molar-refractivity contribution is 5.79. The zero-order chi connectivity index (χ0) is 22.4. The molecular weight excluding hydrogens is 410 g/mol. The van der Waals surface area contributed by atoms with Crippen molar-refractivity contribution in [2.24, 2.45) is 0 Å². The van der Waals surface area contributed by atoms with Crippen molar-refractivity contribution >= 4 is 11.7 Å². The van der Waals surface area contributed by atoms with Gasteiger partial charge in [0.2, 0.25) is 0 Å². The molecule has 4 nitrogen and oxygen atoms in total. The Morgan fingerprint density at radius 3 is 2.36 bits per heavy atom. The minimum atomic E-state index is -0.190. The highest BCUT2D eigenvalue weighted by atomic mass is 16.6. The molecule has 2 aliphatic heterocycles. The smallest absolute Gasteiger partial charge is 0.410 e. The summed E-state index contributed by atoms with van der Waals surface area (Å²) in [6.45, 7) is 0.370. The van der Waals surface area contributed by atoms with Crippen molar-refractivity contribution in [2.75, 3.05) is 13.7 Å². The first-order chi connectivity index (χ1) is 16.2. The molecule has 3 aliphatic rings. The number of nitrogens with zero attached hydrogens (tertiary/aromatic N) is 1. The Balaban J connectivity index is 1.20. The molecule has 0 spiro atoms. The van der Waals surface area contributed by atoms with E-state index in [-0.39, 0.29) is 24.1 Å². The van der Waals surface area contributed by atoms with Crippen LogP contribution in [0.25, 0.3) is 16.7 Å². The summed E-state index contributed by atoms with van der Waals surface area (Å²) < 4.78 is 11.4. The summed E-state index contributed by atoms with van der Waals surface area (Å²) in [6, 6.07) is 25.4. The quantitative estimate of drug-likeness (QED) is 0.483. The van der Waals surface area contributed by atoms with E-state index in [2.05, 4.69) is 66.7 Å². The topological polar surface area (TPSA) is 38.8 Å². The molecule has 0 aromatic heterocycles. The highest BCUT2D eigenvalue weighted by Crippen LogP contribution is 2.45. The highest BCUT2D eigenvalue weighted by Gasteiger charge is 2.41. The van der Waals surface area contributed by atoms with Gasteiger partial charge in [-0.05, 0) is 64.8 Å². The minimum absolute atomic E-state index is 0.0895. The third-order valence-electron chi connectivity index (χ3n) is 7.38. The lowest BCUT2D eigenvalue weighted by atomic mass is 9.95. The number of carbonyl (C=O) groups is 1. The summed E-state index contributed by atoms with van der Waals surface area (Å²) in [6.07, 6.45) is 4.92. The Morgan fingerprint density at radius 2 is 1.67 bits per heavy atom. The molecule has 3 aromatic carbocycles. The number of methoxy groups -OCH3 is 1. The predicted molar refractivity (Wildman–Crippen MR) is 129 cm³/mol. The fraction of sp³-hybridized carbons (Fsp3) is 0.276. The molecule has 1 aliphatic carbocycles. The molecule has 0 saturated carbocycles. The summed E-state index contributed by atoms with van der Waals surface area (Å²) in [7, 11) is 1.69. The van der Waals surface area contributed by atoms with Crippen molar-refractivity contribution in [1.29, 1.82) is 0 Å². The molecule has 166 valence electrons. The largest absolute Gasteiger partial charge is 0.497 e. The van der Waals surface area contributed by atoms with Crippen LogP contribution in [0.15, 0.2) is 78.9 Å². The van der Waals surface area contributed by atoms with Crippen molar-refractivity contribution in [3.05, 3.63) is 95.6 Å². The maximum Gasteiger partial charge on any atom is 0.410 e. The van der Waals surface area contributed by atoms with Crippen LogP contribution in [0.2, 0.25) is 0 Å². The van der Waals surface area contributed by atoms with E-state index in [9.17, 15) is 4.79 Å². The zero-order valence-electron chi connectivity index (χ0n) is 18.7. The standard InChI is InChI=1S/C29H27NO3/c1-32-23-8-6-7-19(17-23)20-15-21-13-14-22(16-20)30(21)29(31)33-18-28-26-11-4-2-9-24(26)25-10-3-5-12-27(25)28/h2-12,15,17,21-22,28H,13-14,16,18H2,1H3. The molecule has 2 atom stereocenters. The van der Waals surface area contributed by atoms with Crippen LogP contribution in [-0.2, 0) is 4.74 Å². The number of fused-ring (bicyclic) bond motifs is 5. The van der Waals surface area contributed by atoms with E-state index in [0.717, 1.165) is 25.0 Å². The van der Waals surface area contributed by atoms with Gasteiger partial charge in [0.1, 0.15) is 12.4 Å². The molecule has 0 radical (unpaired) electrons. The van der Waals surface area contributed by atoms with E-state index in [1.807, 2.05) is 17.0 Å². The van der Waals surface area contributed by atoms with Crippen molar-refractivity contribution in [3.8, 4) is 16.9 Å². The normalized spacial score (nSPS) is 20.8. The maximum atomic E-state index is 13.2. The van der Waals surface area contributed by atoms with Crippen LogP contribution in [0, 0.1) is 0 Å². The van der Waals surface area contributed by atoms with Gasteiger partial charge in [-0.3, -0.25) is 4.90 Å². The third kappa shape index (κ3) is 3.41. The summed E-state index contributed by atoms with van der Waals surface area (Å²) in [4.78, 5) is 15.2. The lowest BCUT2D eigenvalue weighted by Crippen LogP contribution is -2.43. The molecule has 4 heteroatoms. The Morgan fingerprint density at radius 1 is 0.939 bits per heavy atom. The van der Waals surface area contributed by atoms with Crippen molar-refractivity contribution in [3.63, 3.8) is 0 Å². The second-order valence-corrected chi connectivity index (χ2v) is 9.14. The van der Waals surface area contributed by atoms with E-state index in [1.54, 1.807) is 7.11 Å². The summed E-state index contributed by atoms with van der Waals surface area (Å²) in [5, 5.41) is 0. The summed E-state index contributed by atoms with van der Waals surface area (Å²) in [5.41, 5.74) is 7.46. The Hall–Kier alpha value is -3.53. The fourth-order valence-electron chi connectivity index (χ4n) is 5.82. The molecule has 33 heavy (non-hydrogen) atoms. The Bertz CT molecular complexity index is 1200. The van der Waals surface area contributed by atoms with E-state index >= 15 is 0 Å². The average Bonchev–Trinajstić information content (AvgIpc) is 3.33. The predicted octanol–water partition coefficient (Wildman–Crippen LogP) is 6.26. The lowest BCUT2D eigenvalue weighted by Gasteiger charge is -2.33. The molecule has 3 aromatic rings. The first-order valence-corrected chi connectivity index (χ1v) is 11.7. The molecule has 1 saturated heterocycles. The number of ether oxygens (including phenoxy) is 2. The number of hydrogen-bond acceptors (Lipinski definition) is 3. The van der Waals surface area contributed by atoms with Crippen LogP contribution < -0.4 is 4.74 Å². The van der Waals surface area contributed by atoms with Crippen LogP contribution in [0.5, 0.6) is 5.75 Å². The van der Waals surface area contributed by atoms with Crippen molar-refractivity contribution < 1.29 is 14.3 Å². The third-order valence-corrected chi connectivity index (χ3v) is 7.38. The number of carbonyl (C=O) groups excluding carboxylic acids is 1. The van der Waals surface area contributed by atoms with Crippen LogP contribution >= 0.6 is 0 Å². The van der Waals surface area contributed by atoms with Crippen LogP contribution in [0.3, 0.4) is 0 Å². The van der Waals surface area contributed by atoms with Gasteiger partial charge in [0.15, 0.2) is 0 Å². The van der Waals surface area contributed by atoms with E-state index < -0.39 is 0 Å². The van der Waals surface area contributed by atoms with Gasteiger partial charge in [-0.1, -0.05) is 66.7 Å². The SMILES string of the molecule is COc1cccc(C2=CC3CCC(C2)N3C(=O)OCC2c3ccccc3-c3ccccc32)c1. The van der Waals surface area contributed by atoms with Gasteiger partial charge in [-0.2, -0.15) is 0 Å². The monoisotopic (exact) mass is 437 g/mol. The molecule has 6 rings (SSSR count). The van der Waals surface area contributed by atoms with E-state index in [0.29, 0.717) is 6.61 Å². The second-order valence-electron chi connectivity index (χ2n) is 9.14. The van der Waals surface area contributed by atoms with E-state index in [1.165, 1.54) is 33.4 Å². The lowest BCUT2D eigenvalue weighted by molar-refractivity contribution is 0.0866. The number of benzene rings is 3. The fourth-order valence-corrected chi connectivity index (χ4v) is 5.82. The van der Waals surface area contributed by atoms with Gasteiger partial charge in [0.25, 0.3) is 0 Å². The van der Waals surface area contributed by atoms with Crippen molar-refractivity contribution in [2.45, 2.75) is 37.3 Å². The molecule has 0 N–H and O–H groups in total. The number of hydrogen-bond donors (Lipinski definition) is 0. The molecule has 1 fully saturated rings. The van der Waals surface area contributed by atoms with Crippen LogP contribution in [0.1, 0.15) is 41.9 Å². The van der Waals surface area contributed by atoms with Gasteiger partial charge >= 0.3 is 6.09 Å². The minimum Gasteiger partial charge on any atom is -0.497 e. The maximum absolute atomic E-state index is 13.2.